The minimum absolute atomic E-state index is 0.0946. The summed E-state index contributed by atoms with van der Waals surface area (Å²) in [5.41, 5.74) is 6.61. The average molecular weight is 251 g/mol. The van der Waals surface area contributed by atoms with E-state index in [1.807, 2.05) is 0 Å². The molecular weight excluding hydrogens is 234 g/mol. The van der Waals surface area contributed by atoms with Crippen molar-refractivity contribution < 1.29 is 19.1 Å². The second-order valence-electron chi connectivity index (χ2n) is 3.78. The highest BCUT2D eigenvalue weighted by Gasteiger charge is 2.13. The molecule has 18 heavy (non-hydrogen) atoms. The lowest BCUT2D eigenvalue weighted by atomic mass is 10.0. The zero-order chi connectivity index (χ0) is 13.5. The van der Waals surface area contributed by atoms with Gasteiger partial charge in [0.15, 0.2) is 0 Å². The largest absolute Gasteiger partial charge is 0.466 e. The number of hydrogen-bond donors (Lipinski definition) is 1. The quantitative estimate of drug-likeness (QED) is 0.634. The van der Waals surface area contributed by atoms with E-state index >= 15 is 0 Å². The summed E-state index contributed by atoms with van der Waals surface area (Å²) in [6.45, 7) is 3.40. The molecule has 0 saturated heterocycles. The Labute approximate surface area is 106 Å². The first-order valence-corrected chi connectivity index (χ1v) is 5.72. The molecular formula is C13H17NO4. The van der Waals surface area contributed by atoms with E-state index in [0.29, 0.717) is 12.4 Å². The molecule has 0 amide bonds. The third-order valence-electron chi connectivity index (χ3n) is 2.24. The van der Waals surface area contributed by atoms with Gasteiger partial charge in [-0.1, -0.05) is 12.1 Å². The van der Waals surface area contributed by atoms with Crippen LogP contribution in [0, 0.1) is 0 Å². The maximum absolute atomic E-state index is 11.3. The highest BCUT2D eigenvalue weighted by molar-refractivity contribution is 5.71. The first-order valence-electron chi connectivity index (χ1n) is 5.72. The van der Waals surface area contributed by atoms with Crippen molar-refractivity contribution in [2.45, 2.75) is 26.3 Å². The van der Waals surface area contributed by atoms with Crippen molar-refractivity contribution in [1.29, 1.82) is 0 Å². The fourth-order valence-electron chi connectivity index (χ4n) is 1.49. The molecule has 98 valence electrons. The van der Waals surface area contributed by atoms with Crippen LogP contribution in [-0.4, -0.2) is 18.5 Å². The van der Waals surface area contributed by atoms with Gasteiger partial charge in [-0.2, -0.15) is 0 Å². The fourth-order valence-corrected chi connectivity index (χ4v) is 1.49. The summed E-state index contributed by atoms with van der Waals surface area (Å²) in [6, 6.07) is 6.32. The van der Waals surface area contributed by atoms with Crippen LogP contribution in [0.3, 0.4) is 0 Å². The van der Waals surface area contributed by atoms with E-state index in [1.54, 1.807) is 31.2 Å². The van der Waals surface area contributed by atoms with E-state index in [2.05, 4.69) is 0 Å². The summed E-state index contributed by atoms with van der Waals surface area (Å²) in [7, 11) is 0. The summed E-state index contributed by atoms with van der Waals surface area (Å²) in [5.74, 6) is -0.326. The lowest BCUT2D eigenvalue weighted by molar-refractivity contribution is -0.143. The molecule has 0 saturated carbocycles. The Kier molecular flexibility index (Phi) is 5.32. The highest BCUT2D eigenvalue weighted by Crippen LogP contribution is 2.20. The van der Waals surface area contributed by atoms with E-state index in [1.165, 1.54) is 6.92 Å². The molecule has 1 aromatic carbocycles. The van der Waals surface area contributed by atoms with Crippen molar-refractivity contribution in [1.82, 2.24) is 0 Å². The first-order chi connectivity index (χ1) is 8.52. The third kappa shape index (κ3) is 4.55. The van der Waals surface area contributed by atoms with Gasteiger partial charge in [-0.3, -0.25) is 9.59 Å². The molecule has 0 fully saturated rings. The predicted molar refractivity (Wildman–Crippen MR) is 65.9 cm³/mol. The van der Waals surface area contributed by atoms with Crippen LogP contribution < -0.4 is 10.5 Å². The fraction of sp³-hybridized carbons (Fsp3) is 0.385. The van der Waals surface area contributed by atoms with Crippen LogP contribution >= 0.6 is 0 Å². The van der Waals surface area contributed by atoms with Crippen LogP contribution in [0.1, 0.15) is 31.9 Å². The minimum atomic E-state index is -0.473. The summed E-state index contributed by atoms with van der Waals surface area (Å²) in [6.07, 6.45) is 0.0946. The van der Waals surface area contributed by atoms with Gasteiger partial charge in [0.2, 0.25) is 0 Å². The molecule has 1 atom stereocenters. The molecule has 5 heteroatoms. The van der Waals surface area contributed by atoms with Crippen molar-refractivity contribution in [2.75, 3.05) is 6.61 Å². The molecule has 5 nitrogen and oxygen atoms in total. The number of esters is 2. The Morgan fingerprint density at radius 3 is 2.72 bits per heavy atom. The van der Waals surface area contributed by atoms with Crippen molar-refractivity contribution in [3.05, 3.63) is 29.8 Å². The van der Waals surface area contributed by atoms with Crippen molar-refractivity contribution in [3.8, 4) is 5.75 Å². The van der Waals surface area contributed by atoms with Crippen molar-refractivity contribution in [3.63, 3.8) is 0 Å². The Morgan fingerprint density at radius 1 is 1.39 bits per heavy atom. The number of hydrogen-bond acceptors (Lipinski definition) is 5. The minimum Gasteiger partial charge on any atom is -0.466 e. The van der Waals surface area contributed by atoms with Gasteiger partial charge >= 0.3 is 11.9 Å². The normalized spacial score (nSPS) is 11.7. The Hall–Kier alpha value is -1.88. The Bertz CT molecular complexity index is 431. The smallest absolute Gasteiger partial charge is 0.308 e. The average Bonchev–Trinajstić information content (AvgIpc) is 2.28. The SMILES string of the molecule is CCOC(=O)C[C@H](N)c1cccc(OC(C)=O)c1. The molecule has 1 rings (SSSR count). The Morgan fingerprint density at radius 2 is 2.11 bits per heavy atom. The molecule has 0 spiro atoms. The summed E-state index contributed by atoms with van der Waals surface area (Å²) >= 11 is 0. The zero-order valence-electron chi connectivity index (χ0n) is 10.5. The summed E-state index contributed by atoms with van der Waals surface area (Å²) < 4.78 is 9.77. The maximum atomic E-state index is 11.3. The van der Waals surface area contributed by atoms with Gasteiger partial charge in [-0.05, 0) is 24.6 Å². The third-order valence-corrected chi connectivity index (χ3v) is 2.24. The Balaban J connectivity index is 2.70. The molecule has 0 radical (unpaired) electrons. The number of carbonyl (C=O) groups excluding carboxylic acids is 2. The van der Waals surface area contributed by atoms with Crippen LogP contribution in [0.5, 0.6) is 5.75 Å². The highest BCUT2D eigenvalue weighted by atomic mass is 16.5. The molecule has 0 unspecified atom stereocenters. The van der Waals surface area contributed by atoms with E-state index in [4.69, 9.17) is 15.2 Å². The molecule has 0 aliphatic carbocycles. The van der Waals surface area contributed by atoms with E-state index < -0.39 is 12.0 Å². The van der Waals surface area contributed by atoms with Gasteiger partial charge in [0.05, 0.1) is 13.0 Å². The second-order valence-corrected chi connectivity index (χ2v) is 3.78. The summed E-state index contributed by atoms with van der Waals surface area (Å²) in [4.78, 5) is 22.1. The van der Waals surface area contributed by atoms with Crippen LogP contribution in [0.15, 0.2) is 24.3 Å². The van der Waals surface area contributed by atoms with Gasteiger partial charge in [-0.25, -0.2) is 0 Å². The van der Waals surface area contributed by atoms with Crippen LogP contribution in [0.25, 0.3) is 0 Å². The standard InChI is InChI=1S/C13H17NO4/c1-3-17-13(16)8-12(14)10-5-4-6-11(7-10)18-9(2)15/h4-7,12H,3,8,14H2,1-2H3/t12-/m0/s1. The van der Waals surface area contributed by atoms with Crippen molar-refractivity contribution in [2.24, 2.45) is 5.73 Å². The number of benzene rings is 1. The lowest BCUT2D eigenvalue weighted by Gasteiger charge is -2.12. The van der Waals surface area contributed by atoms with Gasteiger partial charge in [0, 0.05) is 13.0 Å². The van der Waals surface area contributed by atoms with E-state index in [-0.39, 0.29) is 12.4 Å². The van der Waals surface area contributed by atoms with Gasteiger partial charge in [0.25, 0.3) is 0 Å². The van der Waals surface area contributed by atoms with Crippen molar-refractivity contribution >= 4 is 11.9 Å². The topological polar surface area (TPSA) is 78.6 Å². The zero-order valence-corrected chi connectivity index (χ0v) is 10.5. The molecule has 1 aromatic rings. The molecule has 0 aromatic heterocycles. The number of ether oxygens (including phenoxy) is 2. The van der Waals surface area contributed by atoms with Gasteiger partial charge < -0.3 is 15.2 Å². The van der Waals surface area contributed by atoms with Crippen LogP contribution in [0.2, 0.25) is 0 Å². The maximum Gasteiger partial charge on any atom is 0.308 e. The second kappa shape index (κ2) is 6.76. The molecule has 2 N–H and O–H groups in total. The van der Waals surface area contributed by atoms with E-state index in [0.717, 1.165) is 5.56 Å². The monoisotopic (exact) mass is 251 g/mol. The number of rotatable bonds is 5. The molecule has 0 heterocycles. The first kappa shape index (κ1) is 14.2. The molecule has 0 aliphatic rings. The van der Waals surface area contributed by atoms with Crippen LogP contribution in [0.4, 0.5) is 0 Å². The van der Waals surface area contributed by atoms with E-state index in [9.17, 15) is 9.59 Å². The van der Waals surface area contributed by atoms with Gasteiger partial charge in [0.1, 0.15) is 5.75 Å². The van der Waals surface area contributed by atoms with Gasteiger partial charge in [-0.15, -0.1) is 0 Å². The lowest BCUT2D eigenvalue weighted by Crippen LogP contribution is -2.17. The van der Waals surface area contributed by atoms with Crippen LogP contribution in [-0.2, 0) is 14.3 Å². The number of nitrogens with two attached hydrogens (primary N) is 1. The molecule has 0 bridgehead atoms. The number of carbonyl (C=O) groups is 2. The predicted octanol–water partition coefficient (Wildman–Crippen LogP) is 1.56. The summed E-state index contributed by atoms with van der Waals surface area (Å²) in [5, 5.41) is 0. The molecule has 0 aliphatic heterocycles.